The average molecular weight is 380 g/mol. The first-order valence-corrected chi connectivity index (χ1v) is 9.40. The van der Waals surface area contributed by atoms with E-state index in [4.69, 9.17) is 0 Å². The fraction of sp³-hybridized carbons (Fsp3) is 0.200. The van der Waals surface area contributed by atoms with Crippen molar-refractivity contribution in [1.82, 2.24) is 14.8 Å². The third kappa shape index (κ3) is 4.25. The summed E-state index contributed by atoms with van der Waals surface area (Å²) in [5.74, 6) is 0.456. The number of rotatable bonds is 6. The van der Waals surface area contributed by atoms with Crippen LogP contribution in [-0.2, 0) is 4.79 Å². The number of carbonyl (C=O) groups is 2. The first kappa shape index (κ1) is 18.8. The maximum absolute atomic E-state index is 12.6. The third-order valence-corrected chi connectivity index (χ3v) is 5.07. The molecule has 2 aromatic carbocycles. The van der Waals surface area contributed by atoms with Gasteiger partial charge >= 0.3 is 0 Å². The molecule has 1 aromatic heterocycles. The Hall–Kier alpha value is -2.93. The highest BCUT2D eigenvalue weighted by atomic mass is 32.2. The smallest absolute Gasteiger partial charge is 0.237 e. The summed E-state index contributed by atoms with van der Waals surface area (Å²) in [6.07, 6.45) is 0. The van der Waals surface area contributed by atoms with E-state index in [1.807, 2.05) is 41.8 Å². The molecule has 0 spiro atoms. The fourth-order valence-electron chi connectivity index (χ4n) is 2.64. The van der Waals surface area contributed by atoms with Gasteiger partial charge in [-0.05, 0) is 45.0 Å². The number of nitrogens with one attached hydrogen (secondary N) is 1. The number of thioether (sulfide) groups is 1. The molecule has 0 unspecified atom stereocenters. The van der Waals surface area contributed by atoms with E-state index in [9.17, 15) is 9.59 Å². The van der Waals surface area contributed by atoms with Crippen LogP contribution in [0, 0.1) is 6.92 Å². The lowest BCUT2D eigenvalue weighted by Gasteiger charge is -2.14. The number of amides is 1. The molecule has 0 bridgehead atoms. The Bertz CT molecular complexity index is 969. The summed E-state index contributed by atoms with van der Waals surface area (Å²) in [7, 11) is 0. The van der Waals surface area contributed by atoms with Gasteiger partial charge in [0.1, 0.15) is 5.82 Å². The maximum Gasteiger partial charge on any atom is 0.237 e. The topological polar surface area (TPSA) is 76.9 Å². The SMILES string of the molecule is CC(=O)c1ccccc1NC(=O)[C@@H](C)Sc1nnc(C)n1-c1ccccc1. The number of para-hydroxylation sites is 2. The van der Waals surface area contributed by atoms with E-state index < -0.39 is 5.25 Å². The predicted molar refractivity (Wildman–Crippen MR) is 106 cm³/mol. The molecule has 0 radical (unpaired) electrons. The van der Waals surface area contributed by atoms with Gasteiger partial charge in [-0.25, -0.2) is 0 Å². The van der Waals surface area contributed by atoms with Gasteiger partial charge in [0.2, 0.25) is 5.91 Å². The molecule has 3 rings (SSSR count). The van der Waals surface area contributed by atoms with E-state index in [-0.39, 0.29) is 11.7 Å². The van der Waals surface area contributed by atoms with Gasteiger partial charge in [0.05, 0.1) is 10.9 Å². The van der Waals surface area contributed by atoms with Gasteiger partial charge in [0, 0.05) is 11.3 Å². The number of benzene rings is 2. The predicted octanol–water partition coefficient (Wildman–Crippen LogP) is 3.90. The summed E-state index contributed by atoms with van der Waals surface area (Å²) in [5.41, 5.74) is 1.95. The van der Waals surface area contributed by atoms with Gasteiger partial charge in [-0.1, -0.05) is 42.1 Å². The lowest BCUT2D eigenvalue weighted by molar-refractivity contribution is -0.115. The molecule has 1 heterocycles. The van der Waals surface area contributed by atoms with Gasteiger partial charge in [-0.3, -0.25) is 14.2 Å². The molecule has 1 N–H and O–H groups in total. The minimum absolute atomic E-state index is 0.0920. The number of aryl methyl sites for hydroxylation is 1. The number of hydrogen-bond acceptors (Lipinski definition) is 5. The van der Waals surface area contributed by atoms with Crippen LogP contribution in [0.4, 0.5) is 5.69 Å². The first-order valence-electron chi connectivity index (χ1n) is 8.52. The highest BCUT2D eigenvalue weighted by Crippen LogP contribution is 2.26. The molecule has 0 saturated heterocycles. The van der Waals surface area contributed by atoms with Gasteiger partial charge in [0.25, 0.3) is 0 Å². The van der Waals surface area contributed by atoms with Crippen LogP contribution in [0.2, 0.25) is 0 Å². The lowest BCUT2D eigenvalue weighted by Crippen LogP contribution is -2.24. The Balaban J connectivity index is 1.78. The highest BCUT2D eigenvalue weighted by molar-refractivity contribution is 8.00. The van der Waals surface area contributed by atoms with Crippen molar-refractivity contribution in [3.8, 4) is 5.69 Å². The number of ketones is 1. The number of carbonyl (C=O) groups excluding carboxylic acids is 2. The second-order valence-electron chi connectivity index (χ2n) is 6.05. The maximum atomic E-state index is 12.6. The second kappa shape index (κ2) is 8.18. The highest BCUT2D eigenvalue weighted by Gasteiger charge is 2.21. The molecule has 7 heteroatoms. The molecule has 6 nitrogen and oxygen atoms in total. The Morgan fingerprint density at radius 3 is 2.41 bits per heavy atom. The minimum Gasteiger partial charge on any atom is -0.324 e. The molecular formula is C20H20N4O2S. The van der Waals surface area contributed by atoms with Crippen LogP contribution in [-0.4, -0.2) is 31.7 Å². The van der Waals surface area contributed by atoms with Gasteiger partial charge in [-0.15, -0.1) is 10.2 Å². The molecule has 1 atom stereocenters. The van der Waals surface area contributed by atoms with Crippen LogP contribution in [0.15, 0.2) is 59.8 Å². The number of anilines is 1. The van der Waals surface area contributed by atoms with Crippen molar-refractivity contribution in [2.75, 3.05) is 5.32 Å². The molecule has 0 aliphatic heterocycles. The van der Waals surface area contributed by atoms with Crippen molar-refractivity contribution in [3.63, 3.8) is 0 Å². The van der Waals surface area contributed by atoms with Gasteiger partial charge in [0.15, 0.2) is 10.9 Å². The van der Waals surface area contributed by atoms with Crippen molar-refractivity contribution < 1.29 is 9.59 Å². The van der Waals surface area contributed by atoms with Crippen molar-refractivity contribution in [2.45, 2.75) is 31.2 Å². The summed E-state index contributed by atoms with van der Waals surface area (Å²) in [5, 5.41) is 11.4. The van der Waals surface area contributed by atoms with Gasteiger partial charge in [-0.2, -0.15) is 0 Å². The standard InChI is InChI=1S/C20H20N4O2S/c1-13(25)17-11-7-8-12-18(17)21-19(26)14(2)27-20-23-22-15(3)24(20)16-9-5-4-6-10-16/h4-12,14H,1-3H3,(H,21,26)/t14-/m1/s1. The number of nitrogens with zero attached hydrogens (tertiary/aromatic N) is 3. The Labute approximate surface area is 162 Å². The second-order valence-corrected chi connectivity index (χ2v) is 7.36. The van der Waals surface area contributed by atoms with E-state index in [1.165, 1.54) is 18.7 Å². The van der Waals surface area contributed by atoms with E-state index in [0.29, 0.717) is 16.4 Å². The van der Waals surface area contributed by atoms with E-state index in [2.05, 4.69) is 15.5 Å². The third-order valence-electron chi connectivity index (χ3n) is 4.03. The molecule has 0 aliphatic carbocycles. The summed E-state index contributed by atoms with van der Waals surface area (Å²) >= 11 is 1.32. The van der Waals surface area contributed by atoms with Gasteiger partial charge < -0.3 is 5.32 Å². The summed E-state index contributed by atoms with van der Waals surface area (Å²) in [6, 6.07) is 16.7. The minimum atomic E-state index is -0.420. The van der Waals surface area contributed by atoms with Crippen LogP contribution in [0.5, 0.6) is 0 Å². The fourth-order valence-corrected chi connectivity index (χ4v) is 3.55. The van der Waals surface area contributed by atoms with Crippen molar-refractivity contribution in [2.24, 2.45) is 0 Å². The van der Waals surface area contributed by atoms with Crippen LogP contribution >= 0.6 is 11.8 Å². The van der Waals surface area contributed by atoms with Crippen LogP contribution in [0.25, 0.3) is 5.69 Å². The van der Waals surface area contributed by atoms with E-state index in [0.717, 1.165) is 11.5 Å². The lowest BCUT2D eigenvalue weighted by atomic mass is 10.1. The molecule has 138 valence electrons. The zero-order valence-corrected chi connectivity index (χ0v) is 16.2. The van der Waals surface area contributed by atoms with E-state index >= 15 is 0 Å². The Morgan fingerprint density at radius 2 is 1.70 bits per heavy atom. The molecule has 0 aliphatic rings. The Kier molecular flexibility index (Phi) is 5.71. The molecular weight excluding hydrogens is 360 g/mol. The number of Topliss-reactive ketones (excluding diaryl/α,β-unsaturated/α-hetero) is 1. The average Bonchev–Trinajstić information content (AvgIpc) is 3.02. The van der Waals surface area contributed by atoms with Crippen LogP contribution < -0.4 is 5.32 Å². The zero-order valence-electron chi connectivity index (χ0n) is 15.3. The monoisotopic (exact) mass is 380 g/mol. The first-order chi connectivity index (χ1) is 13.0. The quantitative estimate of drug-likeness (QED) is 0.518. The van der Waals surface area contributed by atoms with Crippen molar-refractivity contribution in [1.29, 1.82) is 0 Å². The molecule has 3 aromatic rings. The number of hydrogen-bond donors (Lipinski definition) is 1. The molecule has 0 fully saturated rings. The zero-order chi connectivity index (χ0) is 19.4. The Morgan fingerprint density at radius 1 is 1.04 bits per heavy atom. The van der Waals surface area contributed by atoms with E-state index in [1.54, 1.807) is 31.2 Å². The van der Waals surface area contributed by atoms with Crippen molar-refractivity contribution in [3.05, 3.63) is 66.0 Å². The molecule has 27 heavy (non-hydrogen) atoms. The van der Waals surface area contributed by atoms with Crippen molar-refractivity contribution >= 4 is 29.1 Å². The van der Waals surface area contributed by atoms with Crippen LogP contribution in [0.3, 0.4) is 0 Å². The summed E-state index contributed by atoms with van der Waals surface area (Å²) < 4.78 is 1.91. The molecule has 0 saturated carbocycles. The number of aromatic nitrogens is 3. The van der Waals surface area contributed by atoms with Crippen LogP contribution in [0.1, 0.15) is 30.0 Å². The normalized spacial score (nSPS) is 11.8. The summed E-state index contributed by atoms with van der Waals surface area (Å²) in [4.78, 5) is 24.4. The summed E-state index contributed by atoms with van der Waals surface area (Å²) in [6.45, 7) is 5.15. The molecule has 1 amide bonds. The largest absolute Gasteiger partial charge is 0.324 e.